The van der Waals surface area contributed by atoms with Crippen LogP contribution in [0.1, 0.15) is 0 Å². The van der Waals surface area contributed by atoms with Crippen LogP contribution in [-0.4, -0.2) is 4.98 Å². The third kappa shape index (κ3) is 2.40. The fraction of sp³-hybridized carbons (Fsp3) is 0. The van der Waals surface area contributed by atoms with Crippen LogP contribution >= 0.6 is 34.8 Å². The number of H-pyrrole nitrogens is 1. The molecule has 1 heterocycles. The normalized spacial score (nSPS) is 10.4. The Balaban J connectivity index is 2.66. The Labute approximate surface area is 107 Å². The average molecular weight is 275 g/mol. The molecule has 5 heteroatoms. The Morgan fingerprint density at radius 3 is 2.44 bits per heavy atom. The van der Waals surface area contributed by atoms with E-state index in [0.29, 0.717) is 21.2 Å². The van der Waals surface area contributed by atoms with E-state index in [2.05, 4.69) is 4.98 Å². The van der Waals surface area contributed by atoms with Crippen LogP contribution in [0, 0.1) is 0 Å². The summed E-state index contributed by atoms with van der Waals surface area (Å²) in [5, 5.41) is 1.33. The van der Waals surface area contributed by atoms with Crippen molar-refractivity contribution >= 4 is 34.8 Å². The van der Waals surface area contributed by atoms with Crippen LogP contribution in [0.5, 0.6) is 0 Å². The highest BCUT2D eigenvalue weighted by atomic mass is 35.5. The molecule has 0 spiro atoms. The van der Waals surface area contributed by atoms with Crippen molar-refractivity contribution in [3.8, 4) is 11.1 Å². The van der Waals surface area contributed by atoms with Gasteiger partial charge in [0.05, 0.1) is 0 Å². The first-order valence-electron chi connectivity index (χ1n) is 4.41. The maximum absolute atomic E-state index is 11.3. The van der Waals surface area contributed by atoms with Gasteiger partial charge >= 0.3 is 0 Å². The first-order chi connectivity index (χ1) is 7.56. The summed E-state index contributed by atoms with van der Waals surface area (Å²) in [6.45, 7) is 0. The molecule has 1 aromatic carbocycles. The average Bonchev–Trinajstić information content (AvgIpc) is 2.20. The summed E-state index contributed by atoms with van der Waals surface area (Å²) < 4.78 is 0. The molecule has 2 nitrogen and oxygen atoms in total. The molecule has 82 valence electrons. The largest absolute Gasteiger partial charge is 0.313 e. The van der Waals surface area contributed by atoms with Crippen LogP contribution < -0.4 is 5.56 Å². The highest BCUT2D eigenvalue weighted by Gasteiger charge is 2.06. The second-order valence-corrected chi connectivity index (χ2v) is 4.46. The SMILES string of the molecule is O=c1cc(-c2cc(Cl)ccc2Cl)cc(Cl)[nH]1. The van der Waals surface area contributed by atoms with Gasteiger partial charge in [-0.1, -0.05) is 34.8 Å². The molecule has 1 aromatic heterocycles. The number of rotatable bonds is 1. The predicted molar refractivity (Wildman–Crippen MR) is 67.5 cm³/mol. The predicted octanol–water partition coefficient (Wildman–Crippen LogP) is 4.00. The van der Waals surface area contributed by atoms with Gasteiger partial charge < -0.3 is 4.98 Å². The smallest absolute Gasteiger partial charge is 0.249 e. The molecule has 0 atom stereocenters. The van der Waals surface area contributed by atoms with E-state index < -0.39 is 0 Å². The van der Waals surface area contributed by atoms with Gasteiger partial charge in [-0.15, -0.1) is 0 Å². The monoisotopic (exact) mass is 273 g/mol. The second-order valence-electron chi connectivity index (χ2n) is 3.21. The van der Waals surface area contributed by atoms with Gasteiger partial charge in [0.2, 0.25) is 5.56 Å². The lowest BCUT2D eigenvalue weighted by molar-refractivity contribution is 1.24. The number of hydrogen-bond acceptors (Lipinski definition) is 1. The Morgan fingerprint density at radius 2 is 1.75 bits per heavy atom. The van der Waals surface area contributed by atoms with Crippen molar-refractivity contribution < 1.29 is 0 Å². The fourth-order valence-corrected chi connectivity index (χ4v) is 1.99. The van der Waals surface area contributed by atoms with Crippen LogP contribution in [0.2, 0.25) is 15.2 Å². The van der Waals surface area contributed by atoms with Crippen LogP contribution in [0.25, 0.3) is 11.1 Å². The molecule has 0 aliphatic heterocycles. The minimum Gasteiger partial charge on any atom is -0.313 e. The number of nitrogens with one attached hydrogen (secondary N) is 1. The van der Waals surface area contributed by atoms with Crippen molar-refractivity contribution in [2.45, 2.75) is 0 Å². The van der Waals surface area contributed by atoms with Crippen LogP contribution in [0.4, 0.5) is 0 Å². The topological polar surface area (TPSA) is 32.9 Å². The summed E-state index contributed by atoms with van der Waals surface area (Å²) in [5.41, 5.74) is 1.04. The number of benzene rings is 1. The zero-order chi connectivity index (χ0) is 11.7. The third-order valence-electron chi connectivity index (χ3n) is 2.05. The maximum Gasteiger partial charge on any atom is 0.249 e. The molecule has 0 saturated heterocycles. The highest BCUT2D eigenvalue weighted by molar-refractivity contribution is 6.35. The lowest BCUT2D eigenvalue weighted by atomic mass is 10.1. The van der Waals surface area contributed by atoms with Crippen molar-refractivity contribution in [3.05, 3.63) is 55.9 Å². The fourth-order valence-electron chi connectivity index (χ4n) is 1.38. The lowest BCUT2D eigenvalue weighted by Crippen LogP contribution is -2.03. The number of aromatic nitrogens is 1. The quantitative estimate of drug-likeness (QED) is 0.783. The minimum atomic E-state index is -0.279. The standard InChI is InChI=1S/C11H6Cl3NO/c12-7-1-2-9(13)8(5-7)6-3-10(14)15-11(16)4-6/h1-5H,(H,15,16). The van der Waals surface area contributed by atoms with Gasteiger partial charge in [-0.25, -0.2) is 0 Å². The highest BCUT2D eigenvalue weighted by Crippen LogP contribution is 2.30. The van der Waals surface area contributed by atoms with Crippen LogP contribution in [-0.2, 0) is 0 Å². The minimum absolute atomic E-state index is 0.263. The third-order valence-corrected chi connectivity index (χ3v) is 2.82. The van der Waals surface area contributed by atoms with E-state index in [1.165, 1.54) is 6.07 Å². The Kier molecular flexibility index (Phi) is 3.24. The van der Waals surface area contributed by atoms with E-state index in [9.17, 15) is 4.79 Å². The van der Waals surface area contributed by atoms with Crippen molar-refractivity contribution in [3.63, 3.8) is 0 Å². The van der Waals surface area contributed by atoms with Gasteiger partial charge in [0.15, 0.2) is 0 Å². The molecular formula is C11H6Cl3NO. The van der Waals surface area contributed by atoms with Gasteiger partial charge in [0, 0.05) is 21.7 Å². The Hall–Kier alpha value is -0.960. The van der Waals surface area contributed by atoms with Crippen molar-refractivity contribution in [2.24, 2.45) is 0 Å². The number of halogens is 3. The van der Waals surface area contributed by atoms with Gasteiger partial charge in [-0.05, 0) is 29.8 Å². The Morgan fingerprint density at radius 1 is 1.00 bits per heavy atom. The first-order valence-corrected chi connectivity index (χ1v) is 5.55. The number of aromatic amines is 1. The van der Waals surface area contributed by atoms with Crippen molar-refractivity contribution in [2.75, 3.05) is 0 Å². The van der Waals surface area contributed by atoms with E-state index in [-0.39, 0.29) is 10.7 Å². The van der Waals surface area contributed by atoms with Gasteiger partial charge in [-0.3, -0.25) is 4.79 Å². The van der Waals surface area contributed by atoms with Gasteiger partial charge in [-0.2, -0.15) is 0 Å². The molecule has 0 aliphatic rings. The van der Waals surface area contributed by atoms with Gasteiger partial charge in [0.1, 0.15) is 5.15 Å². The molecule has 0 bridgehead atoms. The zero-order valence-corrected chi connectivity index (χ0v) is 10.2. The van der Waals surface area contributed by atoms with Crippen LogP contribution in [0.3, 0.4) is 0 Å². The molecule has 2 rings (SSSR count). The molecule has 0 unspecified atom stereocenters. The summed E-state index contributed by atoms with van der Waals surface area (Å²) >= 11 is 17.7. The maximum atomic E-state index is 11.3. The van der Waals surface area contributed by atoms with E-state index in [4.69, 9.17) is 34.8 Å². The number of pyridine rings is 1. The molecule has 0 fully saturated rings. The first kappa shape index (κ1) is 11.5. The number of hydrogen-bond donors (Lipinski definition) is 1. The van der Waals surface area contributed by atoms with Crippen molar-refractivity contribution in [1.82, 2.24) is 4.98 Å². The molecule has 0 radical (unpaired) electrons. The molecule has 16 heavy (non-hydrogen) atoms. The van der Waals surface area contributed by atoms with E-state index in [1.54, 1.807) is 24.3 Å². The van der Waals surface area contributed by atoms with E-state index in [0.717, 1.165) is 0 Å². The Bertz CT molecular complexity index is 592. The summed E-state index contributed by atoms with van der Waals surface area (Å²) in [5.74, 6) is 0. The van der Waals surface area contributed by atoms with Gasteiger partial charge in [0.25, 0.3) is 0 Å². The van der Waals surface area contributed by atoms with Crippen molar-refractivity contribution in [1.29, 1.82) is 0 Å². The van der Waals surface area contributed by atoms with Crippen LogP contribution in [0.15, 0.2) is 35.1 Å². The molecule has 0 amide bonds. The summed E-state index contributed by atoms with van der Waals surface area (Å²) in [6, 6.07) is 8.09. The van der Waals surface area contributed by atoms with E-state index >= 15 is 0 Å². The summed E-state index contributed by atoms with van der Waals surface area (Å²) in [6.07, 6.45) is 0. The second kappa shape index (κ2) is 4.50. The molecule has 0 saturated carbocycles. The molecular weight excluding hydrogens is 268 g/mol. The summed E-state index contributed by atoms with van der Waals surface area (Å²) in [4.78, 5) is 13.7. The van der Waals surface area contributed by atoms with E-state index in [1.807, 2.05) is 0 Å². The zero-order valence-electron chi connectivity index (χ0n) is 7.93. The summed E-state index contributed by atoms with van der Waals surface area (Å²) in [7, 11) is 0. The molecule has 0 aliphatic carbocycles. The lowest BCUT2D eigenvalue weighted by Gasteiger charge is -2.05. The molecule has 1 N–H and O–H groups in total. The molecule has 2 aromatic rings.